The molecule has 0 unspecified atom stereocenters. The predicted octanol–water partition coefficient (Wildman–Crippen LogP) is 5.17. The van der Waals surface area contributed by atoms with Crippen molar-refractivity contribution in [1.29, 1.82) is 0 Å². The molecular weight excluding hydrogens is 324 g/mol. The van der Waals surface area contributed by atoms with Crippen molar-refractivity contribution in [1.82, 2.24) is 0 Å². The van der Waals surface area contributed by atoms with E-state index < -0.39 is 18.2 Å². The Morgan fingerprint density at radius 2 is 1.70 bits per heavy atom. The van der Waals surface area contributed by atoms with Crippen LogP contribution in [-0.2, 0) is 14.3 Å². The summed E-state index contributed by atoms with van der Waals surface area (Å²) in [5.74, 6) is 0. The van der Waals surface area contributed by atoms with Gasteiger partial charge in [-0.2, -0.15) is 0 Å². The van der Waals surface area contributed by atoms with Crippen molar-refractivity contribution in [2.75, 3.05) is 6.61 Å². The SMILES string of the molecule is CC(C)(C)[Si](C)(C)OCCCC/C=C/S(=O)(=O)c1ccccc1. The van der Waals surface area contributed by atoms with Crippen LogP contribution in [0.3, 0.4) is 0 Å². The minimum absolute atomic E-state index is 0.233. The fourth-order valence-electron chi connectivity index (χ4n) is 1.79. The number of hydrogen-bond donors (Lipinski definition) is 0. The van der Waals surface area contributed by atoms with Crippen LogP contribution in [0.1, 0.15) is 40.0 Å². The molecule has 0 aliphatic rings. The van der Waals surface area contributed by atoms with Gasteiger partial charge in [-0.3, -0.25) is 0 Å². The number of benzene rings is 1. The first-order valence-electron chi connectivity index (χ1n) is 8.17. The minimum atomic E-state index is -3.30. The van der Waals surface area contributed by atoms with Gasteiger partial charge in [0.25, 0.3) is 0 Å². The molecule has 0 aliphatic heterocycles. The maximum Gasteiger partial charge on any atom is 0.199 e. The van der Waals surface area contributed by atoms with Crippen LogP contribution < -0.4 is 0 Å². The first-order valence-corrected chi connectivity index (χ1v) is 12.6. The molecule has 130 valence electrons. The Morgan fingerprint density at radius 3 is 2.26 bits per heavy atom. The summed E-state index contributed by atoms with van der Waals surface area (Å²) in [5.41, 5.74) is 0. The Balaban J connectivity index is 2.33. The second-order valence-corrected chi connectivity index (χ2v) is 14.0. The van der Waals surface area contributed by atoms with Crippen molar-refractivity contribution in [2.24, 2.45) is 0 Å². The third-order valence-corrected chi connectivity index (χ3v) is 10.4. The maximum atomic E-state index is 12.1. The molecule has 0 aromatic heterocycles. The molecule has 0 bridgehead atoms. The van der Waals surface area contributed by atoms with Crippen molar-refractivity contribution in [3.8, 4) is 0 Å². The van der Waals surface area contributed by atoms with Gasteiger partial charge in [0.2, 0.25) is 0 Å². The van der Waals surface area contributed by atoms with Crippen LogP contribution in [0.25, 0.3) is 0 Å². The summed E-state index contributed by atoms with van der Waals surface area (Å²) in [5, 5.41) is 1.55. The zero-order chi connectivity index (χ0) is 17.6. The van der Waals surface area contributed by atoms with Crippen molar-refractivity contribution >= 4 is 18.2 Å². The Morgan fingerprint density at radius 1 is 1.09 bits per heavy atom. The molecule has 1 aromatic rings. The molecule has 0 radical (unpaired) electrons. The van der Waals surface area contributed by atoms with Crippen molar-refractivity contribution in [3.05, 3.63) is 41.8 Å². The van der Waals surface area contributed by atoms with Crippen LogP contribution in [0.2, 0.25) is 18.1 Å². The summed E-state index contributed by atoms with van der Waals surface area (Å²) in [6.07, 6.45) is 4.40. The number of hydrogen-bond acceptors (Lipinski definition) is 3. The highest BCUT2D eigenvalue weighted by molar-refractivity contribution is 7.94. The van der Waals surface area contributed by atoms with Gasteiger partial charge in [-0.25, -0.2) is 8.42 Å². The quantitative estimate of drug-likeness (QED) is 0.478. The van der Waals surface area contributed by atoms with E-state index in [1.165, 1.54) is 5.41 Å². The lowest BCUT2D eigenvalue weighted by atomic mass is 10.2. The van der Waals surface area contributed by atoms with E-state index in [-0.39, 0.29) is 5.04 Å². The lowest BCUT2D eigenvalue weighted by Gasteiger charge is -2.36. The third kappa shape index (κ3) is 6.61. The van der Waals surface area contributed by atoms with E-state index in [1.54, 1.807) is 30.3 Å². The predicted molar refractivity (Wildman–Crippen MR) is 99.8 cm³/mol. The number of rotatable bonds is 8. The minimum Gasteiger partial charge on any atom is -0.417 e. The Bertz CT molecular complexity index is 599. The summed E-state index contributed by atoms with van der Waals surface area (Å²) in [4.78, 5) is 0.345. The van der Waals surface area contributed by atoms with Gasteiger partial charge in [-0.05, 0) is 49.5 Å². The largest absolute Gasteiger partial charge is 0.417 e. The molecule has 0 heterocycles. The second-order valence-electron chi connectivity index (χ2n) is 7.33. The van der Waals surface area contributed by atoms with Gasteiger partial charge in [0, 0.05) is 12.0 Å². The zero-order valence-corrected chi connectivity index (χ0v) is 16.8. The molecule has 0 amide bonds. The summed E-state index contributed by atoms with van der Waals surface area (Å²) in [7, 11) is -4.96. The number of unbranched alkanes of at least 4 members (excludes halogenated alkanes) is 2. The first kappa shape index (κ1) is 20.1. The van der Waals surface area contributed by atoms with E-state index in [2.05, 4.69) is 33.9 Å². The van der Waals surface area contributed by atoms with Crippen LogP contribution >= 0.6 is 0 Å². The summed E-state index contributed by atoms with van der Waals surface area (Å²) < 4.78 is 30.2. The number of sulfone groups is 1. The Labute approximate surface area is 142 Å². The first-order chi connectivity index (χ1) is 10.6. The van der Waals surface area contributed by atoms with Gasteiger partial charge in [0.05, 0.1) is 4.90 Å². The van der Waals surface area contributed by atoms with Crippen LogP contribution in [0.4, 0.5) is 0 Å². The summed E-state index contributed by atoms with van der Waals surface area (Å²) in [6, 6.07) is 8.52. The summed E-state index contributed by atoms with van der Waals surface area (Å²) >= 11 is 0. The van der Waals surface area contributed by atoms with Gasteiger partial charge >= 0.3 is 0 Å². The Hall–Kier alpha value is -0.913. The normalized spacial score (nSPS) is 13.6. The molecule has 0 atom stereocenters. The zero-order valence-electron chi connectivity index (χ0n) is 15.0. The fourth-order valence-corrected chi connectivity index (χ4v) is 3.96. The van der Waals surface area contributed by atoms with Crippen LogP contribution in [0.5, 0.6) is 0 Å². The summed E-state index contributed by atoms with van der Waals surface area (Å²) in [6.45, 7) is 12.0. The fraction of sp³-hybridized carbons (Fsp3) is 0.556. The van der Waals surface area contributed by atoms with Crippen molar-refractivity contribution < 1.29 is 12.8 Å². The van der Waals surface area contributed by atoms with E-state index in [0.717, 1.165) is 25.9 Å². The molecule has 0 aliphatic carbocycles. The molecule has 1 aromatic carbocycles. The lowest BCUT2D eigenvalue weighted by molar-refractivity contribution is 0.279. The topological polar surface area (TPSA) is 43.4 Å². The van der Waals surface area contributed by atoms with Gasteiger partial charge in [0.15, 0.2) is 18.2 Å². The molecule has 0 saturated heterocycles. The van der Waals surface area contributed by atoms with Crippen molar-refractivity contribution in [2.45, 2.75) is 63.1 Å². The highest BCUT2D eigenvalue weighted by Gasteiger charge is 2.36. The molecule has 0 saturated carbocycles. The van der Waals surface area contributed by atoms with Gasteiger partial charge in [-0.1, -0.05) is 45.0 Å². The molecule has 0 fully saturated rings. The average molecular weight is 355 g/mol. The van der Waals surface area contributed by atoms with E-state index in [4.69, 9.17) is 4.43 Å². The smallest absolute Gasteiger partial charge is 0.199 e. The van der Waals surface area contributed by atoms with Crippen LogP contribution in [0, 0.1) is 0 Å². The molecule has 5 heteroatoms. The third-order valence-electron chi connectivity index (χ3n) is 4.38. The van der Waals surface area contributed by atoms with Crippen LogP contribution in [0.15, 0.2) is 46.7 Å². The van der Waals surface area contributed by atoms with E-state index >= 15 is 0 Å². The molecule has 3 nitrogen and oxygen atoms in total. The van der Waals surface area contributed by atoms with E-state index in [1.807, 2.05) is 6.07 Å². The maximum absolute atomic E-state index is 12.1. The van der Waals surface area contributed by atoms with Gasteiger partial charge in [-0.15, -0.1) is 0 Å². The van der Waals surface area contributed by atoms with Gasteiger partial charge in [0.1, 0.15) is 0 Å². The van der Waals surface area contributed by atoms with Crippen molar-refractivity contribution in [3.63, 3.8) is 0 Å². The van der Waals surface area contributed by atoms with Gasteiger partial charge < -0.3 is 4.43 Å². The monoisotopic (exact) mass is 354 g/mol. The molecular formula is C18H30O3SSi. The molecule has 0 spiro atoms. The lowest BCUT2D eigenvalue weighted by Crippen LogP contribution is -2.40. The standard InChI is InChI=1S/C18H30O3SSi/c1-18(2,3)23(4,5)21-15-11-6-7-12-16-22(19,20)17-13-9-8-10-14-17/h8-10,12-14,16H,6-7,11,15H2,1-5H3/b16-12+. The van der Waals surface area contributed by atoms with E-state index in [0.29, 0.717) is 4.90 Å². The van der Waals surface area contributed by atoms with Crippen LogP contribution in [-0.4, -0.2) is 23.3 Å². The average Bonchev–Trinajstić information content (AvgIpc) is 2.46. The second kappa shape index (κ2) is 8.26. The van der Waals surface area contributed by atoms with E-state index in [9.17, 15) is 8.42 Å². The molecule has 23 heavy (non-hydrogen) atoms. The molecule has 0 N–H and O–H groups in total. The molecule has 1 rings (SSSR count). The highest BCUT2D eigenvalue weighted by atomic mass is 32.2. The highest BCUT2D eigenvalue weighted by Crippen LogP contribution is 2.36. The number of allylic oxidation sites excluding steroid dienone is 1. The Kier molecular flexibility index (Phi) is 7.23.